The van der Waals surface area contributed by atoms with Crippen LogP contribution in [0.1, 0.15) is 39.5 Å². The summed E-state index contributed by atoms with van der Waals surface area (Å²) in [7, 11) is 0. The SMILES string of the molecule is CC1(C)OC2(CCCC2)C1N. The summed E-state index contributed by atoms with van der Waals surface area (Å²) in [6.07, 6.45) is 4.95. The van der Waals surface area contributed by atoms with Crippen LogP contribution in [0.3, 0.4) is 0 Å². The molecule has 0 aromatic heterocycles. The van der Waals surface area contributed by atoms with E-state index in [9.17, 15) is 0 Å². The van der Waals surface area contributed by atoms with E-state index in [0.717, 1.165) is 0 Å². The Kier molecular flexibility index (Phi) is 1.37. The summed E-state index contributed by atoms with van der Waals surface area (Å²) in [6, 6.07) is 0.262. The topological polar surface area (TPSA) is 35.2 Å². The van der Waals surface area contributed by atoms with Crippen LogP contribution in [-0.4, -0.2) is 17.2 Å². The molecular formula is C9H17NO. The normalized spacial score (nSPS) is 39.0. The van der Waals surface area contributed by atoms with Gasteiger partial charge in [0.15, 0.2) is 0 Å². The highest BCUT2D eigenvalue weighted by molar-refractivity contribution is 5.12. The van der Waals surface area contributed by atoms with Gasteiger partial charge in [0.05, 0.1) is 17.2 Å². The van der Waals surface area contributed by atoms with E-state index in [1.807, 2.05) is 0 Å². The van der Waals surface area contributed by atoms with Crippen molar-refractivity contribution in [3.8, 4) is 0 Å². The van der Waals surface area contributed by atoms with Crippen LogP contribution in [0.15, 0.2) is 0 Å². The Labute approximate surface area is 68.1 Å². The predicted molar refractivity (Wildman–Crippen MR) is 44.3 cm³/mol. The van der Waals surface area contributed by atoms with Gasteiger partial charge < -0.3 is 10.5 Å². The van der Waals surface area contributed by atoms with Gasteiger partial charge in [-0.2, -0.15) is 0 Å². The van der Waals surface area contributed by atoms with Crippen molar-refractivity contribution in [2.24, 2.45) is 5.73 Å². The van der Waals surface area contributed by atoms with Gasteiger partial charge >= 0.3 is 0 Å². The summed E-state index contributed by atoms with van der Waals surface area (Å²) < 4.78 is 5.86. The molecule has 1 spiro atoms. The second-order valence-corrected chi connectivity index (χ2v) is 4.46. The zero-order chi connectivity index (χ0) is 8.11. The lowest BCUT2D eigenvalue weighted by Gasteiger charge is -2.57. The van der Waals surface area contributed by atoms with Crippen molar-refractivity contribution in [1.82, 2.24) is 0 Å². The first-order chi connectivity index (χ1) is 5.07. The second kappa shape index (κ2) is 1.99. The van der Waals surface area contributed by atoms with E-state index in [2.05, 4.69) is 13.8 Å². The molecule has 0 aromatic rings. The third-order valence-corrected chi connectivity index (χ3v) is 3.23. The van der Waals surface area contributed by atoms with Crippen molar-refractivity contribution < 1.29 is 4.74 Å². The molecule has 2 aliphatic rings. The molecule has 0 radical (unpaired) electrons. The fourth-order valence-corrected chi connectivity index (χ4v) is 2.61. The zero-order valence-corrected chi connectivity index (χ0v) is 7.39. The molecule has 2 heteroatoms. The Bertz CT molecular complexity index is 170. The summed E-state index contributed by atoms with van der Waals surface area (Å²) >= 11 is 0. The lowest BCUT2D eigenvalue weighted by molar-refractivity contribution is -0.269. The van der Waals surface area contributed by atoms with Crippen molar-refractivity contribution in [2.45, 2.75) is 56.8 Å². The van der Waals surface area contributed by atoms with Gasteiger partial charge in [-0.1, -0.05) is 12.8 Å². The van der Waals surface area contributed by atoms with Crippen LogP contribution in [0.4, 0.5) is 0 Å². The molecule has 2 rings (SSSR count). The molecule has 0 aromatic carbocycles. The smallest absolute Gasteiger partial charge is 0.0868 e. The van der Waals surface area contributed by atoms with Crippen LogP contribution in [0.5, 0.6) is 0 Å². The van der Waals surface area contributed by atoms with Gasteiger partial charge in [0.25, 0.3) is 0 Å². The summed E-state index contributed by atoms with van der Waals surface area (Å²) in [6.45, 7) is 4.17. The minimum atomic E-state index is -0.0651. The van der Waals surface area contributed by atoms with Crippen molar-refractivity contribution in [3.63, 3.8) is 0 Å². The van der Waals surface area contributed by atoms with E-state index in [-0.39, 0.29) is 17.2 Å². The summed E-state index contributed by atoms with van der Waals surface area (Å²) in [5.41, 5.74) is 6.09. The first-order valence-corrected chi connectivity index (χ1v) is 4.53. The molecule has 2 fully saturated rings. The fraction of sp³-hybridized carbons (Fsp3) is 1.00. The highest BCUT2D eigenvalue weighted by atomic mass is 16.6. The summed E-state index contributed by atoms with van der Waals surface area (Å²) in [4.78, 5) is 0. The van der Waals surface area contributed by atoms with Gasteiger partial charge in [0.1, 0.15) is 0 Å². The highest BCUT2D eigenvalue weighted by Crippen LogP contribution is 2.49. The van der Waals surface area contributed by atoms with Gasteiger partial charge in [-0.3, -0.25) is 0 Å². The maximum atomic E-state index is 6.07. The summed E-state index contributed by atoms with van der Waals surface area (Å²) in [5, 5.41) is 0. The molecule has 64 valence electrons. The number of hydrogen-bond donors (Lipinski definition) is 1. The molecule has 0 bridgehead atoms. The molecule has 1 saturated carbocycles. The van der Waals surface area contributed by atoms with E-state index in [4.69, 9.17) is 10.5 Å². The Balaban J connectivity index is 2.10. The monoisotopic (exact) mass is 155 g/mol. The van der Waals surface area contributed by atoms with Crippen molar-refractivity contribution in [3.05, 3.63) is 0 Å². The molecule has 0 amide bonds. The number of nitrogens with two attached hydrogens (primary N) is 1. The minimum Gasteiger partial charge on any atom is -0.366 e. The quantitative estimate of drug-likeness (QED) is 0.574. The molecule has 1 heterocycles. The second-order valence-electron chi connectivity index (χ2n) is 4.46. The largest absolute Gasteiger partial charge is 0.366 e. The van der Waals surface area contributed by atoms with E-state index < -0.39 is 0 Å². The average Bonchev–Trinajstić information content (AvgIpc) is 2.37. The minimum absolute atomic E-state index is 0.0651. The van der Waals surface area contributed by atoms with Gasteiger partial charge in [0.2, 0.25) is 0 Å². The lowest BCUT2D eigenvalue weighted by Crippen LogP contribution is -2.72. The number of rotatable bonds is 0. The van der Waals surface area contributed by atoms with Crippen molar-refractivity contribution in [2.75, 3.05) is 0 Å². The van der Waals surface area contributed by atoms with Crippen molar-refractivity contribution >= 4 is 0 Å². The van der Waals surface area contributed by atoms with Crippen LogP contribution < -0.4 is 5.73 Å². The number of ether oxygens (including phenoxy) is 1. The molecular weight excluding hydrogens is 138 g/mol. The van der Waals surface area contributed by atoms with E-state index >= 15 is 0 Å². The molecule has 1 unspecified atom stereocenters. The fourth-order valence-electron chi connectivity index (χ4n) is 2.61. The molecule has 11 heavy (non-hydrogen) atoms. The highest BCUT2D eigenvalue weighted by Gasteiger charge is 2.58. The van der Waals surface area contributed by atoms with Gasteiger partial charge in [-0.25, -0.2) is 0 Å². The molecule has 2 N–H and O–H groups in total. The van der Waals surface area contributed by atoms with Crippen LogP contribution in [0, 0.1) is 0 Å². The standard InChI is InChI=1S/C9H17NO/c1-8(2)7(10)9(11-8)5-3-4-6-9/h7H,3-6,10H2,1-2H3. The predicted octanol–water partition coefficient (Wildman–Crippen LogP) is 1.44. The molecule has 1 aliphatic heterocycles. The summed E-state index contributed by atoms with van der Waals surface area (Å²) in [5.74, 6) is 0. The van der Waals surface area contributed by atoms with Gasteiger partial charge in [-0.05, 0) is 26.7 Å². The molecule has 1 atom stereocenters. The number of hydrogen-bond acceptors (Lipinski definition) is 2. The van der Waals surface area contributed by atoms with E-state index in [1.165, 1.54) is 25.7 Å². The van der Waals surface area contributed by atoms with Crippen LogP contribution >= 0.6 is 0 Å². The molecule has 1 aliphatic carbocycles. The first-order valence-electron chi connectivity index (χ1n) is 4.53. The Morgan fingerprint density at radius 1 is 1.27 bits per heavy atom. The molecule has 1 saturated heterocycles. The van der Waals surface area contributed by atoms with Crippen LogP contribution in [0.25, 0.3) is 0 Å². The Morgan fingerprint density at radius 2 is 1.82 bits per heavy atom. The average molecular weight is 155 g/mol. The van der Waals surface area contributed by atoms with Gasteiger partial charge in [-0.15, -0.1) is 0 Å². The zero-order valence-electron chi connectivity index (χ0n) is 7.39. The van der Waals surface area contributed by atoms with E-state index in [0.29, 0.717) is 0 Å². The van der Waals surface area contributed by atoms with Gasteiger partial charge in [0, 0.05) is 0 Å². The first kappa shape index (κ1) is 7.56. The Morgan fingerprint density at radius 3 is 2.18 bits per heavy atom. The maximum Gasteiger partial charge on any atom is 0.0868 e. The maximum absolute atomic E-state index is 6.07. The Hall–Kier alpha value is -0.0800. The van der Waals surface area contributed by atoms with E-state index in [1.54, 1.807) is 0 Å². The lowest BCUT2D eigenvalue weighted by atomic mass is 9.75. The van der Waals surface area contributed by atoms with Crippen LogP contribution in [-0.2, 0) is 4.74 Å². The third kappa shape index (κ3) is 0.859. The molecule has 2 nitrogen and oxygen atoms in total. The third-order valence-electron chi connectivity index (χ3n) is 3.23. The van der Waals surface area contributed by atoms with Crippen LogP contribution in [0.2, 0.25) is 0 Å². The van der Waals surface area contributed by atoms with Crippen molar-refractivity contribution in [1.29, 1.82) is 0 Å².